The van der Waals surface area contributed by atoms with Gasteiger partial charge in [-0.05, 0) is 38.6 Å². The molecule has 0 atom stereocenters. The second-order valence-electron chi connectivity index (χ2n) is 5.09. The van der Waals surface area contributed by atoms with Gasteiger partial charge in [-0.2, -0.15) is 0 Å². The first-order chi connectivity index (χ1) is 10.0. The molecule has 1 amide bonds. The first-order valence-electron chi connectivity index (χ1n) is 7.37. The van der Waals surface area contributed by atoms with E-state index in [9.17, 15) is 4.79 Å². The van der Waals surface area contributed by atoms with Crippen LogP contribution in [-0.4, -0.2) is 49.5 Å². The Bertz CT molecular complexity index is 459. The zero-order valence-corrected chi connectivity index (χ0v) is 13.6. The van der Waals surface area contributed by atoms with E-state index in [4.69, 9.17) is 10.5 Å². The normalized spacial score (nSPS) is 10.8. The van der Waals surface area contributed by atoms with Crippen molar-refractivity contribution >= 4 is 5.91 Å². The highest BCUT2D eigenvalue weighted by Crippen LogP contribution is 2.20. The largest absolute Gasteiger partial charge is 0.496 e. The van der Waals surface area contributed by atoms with Crippen LogP contribution in [0.3, 0.4) is 0 Å². The Morgan fingerprint density at radius 1 is 1.29 bits per heavy atom. The molecule has 0 aromatic heterocycles. The molecule has 5 heteroatoms. The Hall–Kier alpha value is -1.59. The van der Waals surface area contributed by atoms with Crippen LogP contribution in [0.2, 0.25) is 0 Å². The number of amides is 1. The molecule has 118 valence electrons. The maximum Gasteiger partial charge on any atom is 0.236 e. The van der Waals surface area contributed by atoms with Crippen molar-refractivity contribution < 1.29 is 9.53 Å². The van der Waals surface area contributed by atoms with Crippen LogP contribution in [-0.2, 0) is 17.9 Å². The van der Waals surface area contributed by atoms with Crippen molar-refractivity contribution in [3.8, 4) is 5.75 Å². The van der Waals surface area contributed by atoms with E-state index in [0.29, 0.717) is 19.6 Å². The summed E-state index contributed by atoms with van der Waals surface area (Å²) in [7, 11) is 3.59. The number of ether oxygens (including phenoxy) is 1. The van der Waals surface area contributed by atoms with Crippen molar-refractivity contribution in [3.05, 3.63) is 29.3 Å². The predicted octanol–water partition coefficient (Wildman–Crippen LogP) is 1.45. The average Bonchev–Trinajstić information content (AvgIpc) is 2.48. The van der Waals surface area contributed by atoms with Gasteiger partial charge in [-0.3, -0.25) is 9.69 Å². The van der Waals surface area contributed by atoms with Gasteiger partial charge >= 0.3 is 0 Å². The first-order valence-corrected chi connectivity index (χ1v) is 7.37. The minimum Gasteiger partial charge on any atom is -0.496 e. The van der Waals surface area contributed by atoms with E-state index < -0.39 is 0 Å². The van der Waals surface area contributed by atoms with Crippen LogP contribution in [0.15, 0.2) is 18.2 Å². The monoisotopic (exact) mass is 293 g/mol. The average molecular weight is 293 g/mol. The topological polar surface area (TPSA) is 58.8 Å². The minimum absolute atomic E-state index is 0.162. The molecular weight excluding hydrogens is 266 g/mol. The molecule has 0 unspecified atom stereocenters. The highest BCUT2D eigenvalue weighted by Gasteiger charge is 2.13. The predicted molar refractivity (Wildman–Crippen MR) is 85.1 cm³/mol. The van der Waals surface area contributed by atoms with Gasteiger partial charge in [0.2, 0.25) is 5.91 Å². The van der Waals surface area contributed by atoms with Gasteiger partial charge in [0, 0.05) is 31.7 Å². The van der Waals surface area contributed by atoms with Crippen LogP contribution in [0.25, 0.3) is 0 Å². The Kier molecular flexibility index (Phi) is 7.19. The molecule has 0 aliphatic heterocycles. The van der Waals surface area contributed by atoms with Gasteiger partial charge in [0.15, 0.2) is 0 Å². The van der Waals surface area contributed by atoms with Gasteiger partial charge in [-0.1, -0.05) is 6.07 Å². The number of methoxy groups -OCH3 is 1. The number of hydrogen-bond donors (Lipinski definition) is 1. The summed E-state index contributed by atoms with van der Waals surface area (Å²) < 4.78 is 5.27. The molecule has 1 rings (SSSR count). The third-order valence-electron chi connectivity index (χ3n) is 3.54. The molecular formula is C16H27N3O2. The fraction of sp³-hybridized carbons (Fsp3) is 0.562. The highest BCUT2D eigenvalue weighted by molar-refractivity contribution is 5.78. The summed E-state index contributed by atoms with van der Waals surface area (Å²) in [6, 6.07) is 5.98. The molecule has 2 N–H and O–H groups in total. The zero-order valence-electron chi connectivity index (χ0n) is 13.6. The lowest BCUT2D eigenvalue weighted by Crippen LogP contribution is -2.38. The van der Waals surface area contributed by atoms with Crippen molar-refractivity contribution in [1.82, 2.24) is 9.80 Å². The summed E-state index contributed by atoms with van der Waals surface area (Å²) in [5.74, 6) is 0.971. The summed E-state index contributed by atoms with van der Waals surface area (Å²) in [5.41, 5.74) is 7.84. The van der Waals surface area contributed by atoms with Crippen molar-refractivity contribution in [2.75, 3.05) is 33.8 Å². The van der Waals surface area contributed by atoms with Gasteiger partial charge in [-0.15, -0.1) is 0 Å². The molecule has 0 bridgehead atoms. The molecule has 0 aliphatic rings. The summed E-state index contributed by atoms with van der Waals surface area (Å²) >= 11 is 0. The number of rotatable bonds is 8. The van der Waals surface area contributed by atoms with Crippen LogP contribution >= 0.6 is 0 Å². The lowest BCUT2D eigenvalue weighted by atomic mass is 10.1. The molecule has 0 saturated carbocycles. The van der Waals surface area contributed by atoms with Crippen molar-refractivity contribution in [3.63, 3.8) is 0 Å². The van der Waals surface area contributed by atoms with Crippen LogP contribution < -0.4 is 10.5 Å². The number of likely N-dealkylation sites (N-methyl/N-ethyl adjacent to an activating group) is 2. The highest BCUT2D eigenvalue weighted by atomic mass is 16.5. The fourth-order valence-electron chi connectivity index (χ4n) is 2.36. The Morgan fingerprint density at radius 2 is 1.95 bits per heavy atom. The van der Waals surface area contributed by atoms with E-state index >= 15 is 0 Å². The molecule has 1 aromatic rings. The van der Waals surface area contributed by atoms with E-state index in [1.165, 1.54) is 0 Å². The van der Waals surface area contributed by atoms with Gasteiger partial charge in [0.25, 0.3) is 0 Å². The zero-order chi connectivity index (χ0) is 15.8. The fourth-order valence-corrected chi connectivity index (χ4v) is 2.36. The second-order valence-corrected chi connectivity index (χ2v) is 5.09. The number of nitrogens with zero attached hydrogens (tertiary/aromatic N) is 2. The Labute approximate surface area is 127 Å². The molecule has 5 nitrogen and oxygen atoms in total. The standard InChI is InChI=1S/C16H27N3O2/c1-5-19(6-2)16(20)12-18(3)11-13-7-8-15(21-4)14(9-13)10-17/h7-9H,5-6,10-12,17H2,1-4H3. The van der Waals surface area contributed by atoms with Crippen LogP contribution in [0.5, 0.6) is 5.75 Å². The maximum atomic E-state index is 12.1. The molecule has 0 heterocycles. The summed E-state index contributed by atoms with van der Waals surface area (Å²) in [6.07, 6.45) is 0. The minimum atomic E-state index is 0.162. The molecule has 0 spiro atoms. The summed E-state index contributed by atoms with van der Waals surface area (Å²) in [6.45, 7) is 7.08. The maximum absolute atomic E-state index is 12.1. The SMILES string of the molecule is CCN(CC)C(=O)CN(C)Cc1ccc(OC)c(CN)c1. The second kappa shape index (κ2) is 8.64. The first kappa shape index (κ1) is 17.5. The third kappa shape index (κ3) is 5.02. The van der Waals surface area contributed by atoms with E-state index in [0.717, 1.165) is 30.0 Å². The Balaban J connectivity index is 2.66. The van der Waals surface area contributed by atoms with Crippen LogP contribution in [0.4, 0.5) is 0 Å². The Morgan fingerprint density at radius 3 is 2.48 bits per heavy atom. The number of hydrogen-bond acceptors (Lipinski definition) is 4. The van der Waals surface area contributed by atoms with Crippen molar-refractivity contribution in [2.24, 2.45) is 5.73 Å². The van der Waals surface area contributed by atoms with Gasteiger partial charge in [-0.25, -0.2) is 0 Å². The number of nitrogens with two attached hydrogens (primary N) is 1. The lowest BCUT2D eigenvalue weighted by Gasteiger charge is -2.23. The van der Waals surface area contributed by atoms with Gasteiger partial charge in [0.1, 0.15) is 5.75 Å². The van der Waals surface area contributed by atoms with Crippen molar-refractivity contribution in [2.45, 2.75) is 26.9 Å². The molecule has 0 radical (unpaired) electrons. The quantitative estimate of drug-likeness (QED) is 0.788. The lowest BCUT2D eigenvalue weighted by molar-refractivity contribution is -0.131. The molecule has 21 heavy (non-hydrogen) atoms. The summed E-state index contributed by atoms with van der Waals surface area (Å²) in [5, 5.41) is 0. The summed E-state index contributed by atoms with van der Waals surface area (Å²) in [4.78, 5) is 15.9. The van der Waals surface area contributed by atoms with E-state index in [-0.39, 0.29) is 5.91 Å². The third-order valence-corrected chi connectivity index (χ3v) is 3.54. The van der Waals surface area contributed by atoms with E-state index in [1.807, 2.05) is 48.9 Å². The van der Waals surface area contributed by atoms with Gasteiger partial charge < -0.3 is 15.4 Å². The number of benzene rings is 1. The van der Waals surface area contributed by atoms with Crippen LogP contribution in [0.1, 0.15) is 25.0 Å². The number of carbonyl (C=O) groups excluding carboxylic acids is 1. The van der Waals surface area contributed by atoms with E-state index in [1.54, 1.807) is 7.11 Å². The molecule has 1 aromatic carbocycles. The number of carbonyl (C=O) groups is 1. The molecule has 0 saturated heterocycles. The molecule has 0 fully saturated rings. The van der Waals surface area contributed by atoms with Crippen LogP contribution in [0, 0.1) is 0 Å². The molecule has 0 aliphatic carbocycles. The van der Waals surface area contributed by atoms with Crippen molar-refractivity contribution in [1.29, 1.82) is 0 Å². The van der Waals surface area contributed by atoms with Gasteiger partial charge in [0.05, 0.1) is 13.7 Å². The van der Waals surface area contributed by atoms with E-state index in [2.05, 4.69) is 0 Å². The smallest absolute Gasteiger partial charge is 0.236 e.